The molecule has 7 atom stereocenters. The second kappa shape index (κ2) is 15.6. The van der Waals surface area contributed by atoms with Gasteiger partial charge in [0.05, 0.1) is 31.3 Å². The summed E-state index contributed by atoms with van der Waals surface area (Å²) < 4.78 is 25.2. The number of nitrogens with zero attached hydrogens (tertiary/aromatic N) is 3. The van der Waals surface area contributed by atoms with Crippen LogP contribution in [0.5, 0.6) is 5.75 Å². The molecule has 7 aliphatic rings. The number of methoxy groups -OCH3 is 1. The molecule has 1 unspecified atom stereocenters. The van der Waals surface area contributed by atoms with Crippen molar-refractivity contribution in [2.45, 2.75) is 141 Å². The molecule has 3 saturated heterocycles. The quantitative estimate of drug-likeness (QED) is 0.325. The molecule has 1 N–H and O–H groups in total. The zero-order valence-electron chi connectivity index (χ0n) is 33.2. The third-order valence-electron chi connectivity index (χ3n) is 14.0. The van der Waals surface area contributed by atoms with Gasteiger partial charge < -0.3 is 33.9 Å². The Morgan fingerprint density at radius 3 is 2.29 bits per heavy atom. The third-order valence-corrected chi connectivity index (χ3v) is 14.0. The predicted octanol–water partition coefficient (Wildman–Crippen LogP) is 7.10. The van der Waals surface area contributed by atoms with E-state index in [1.54, 1.807) is 16.9 Å². The van der Waals surface area contributed by atoms with Crippen molar-refractivity contribution in [3.63, 3.8) is 0 Å². The van der Waals surface area contributed by atoms with Crippen molar-refractivity contribution in [3.05, 3.63) is 65.2 Å². The van der Waals surface area contributed by atoms with Gasteiger partial charge in [-0.2, -0.15) is 0 Å². The van der Waals surface area contributed by atoms with Crippen molar-refractivity contribution in [2.24, 2.45) is 17.3 Å². The molecule has 4 aliphatic heterocycles. The lowest BCUT2D eigenvalue weighted by molar-refractivity contribution is -0.199. The van der Waals surface area contributed by atoms with E-state index in [4.69, 9.17) is 18.8 Å². The first kappa shape index (κ1) is 38.1. The molecule has 3 saturated carbocycles. The smallest absolute Gasteiger partial charge is 0.481 e. The van der Waals surface area contributed by atoms with Crippen molar-refractivity contribution in [2.75, 3.05) is 20.2 Å². The lowest BCUT2D eigenvalue weighted by atomic mass is 9.43. The van der Waals surface area contributed by atoms with Gasteiger partial charge in [-0.25, -0.2) is 9.59 Å². The molecule has 3 aliphatic carbocycles. The van der Waals surface area contributed by atoms with E-state index in [2.05, 4.69) is 26.1 Å². The molecule has 2 aromatic rings. The number of benzene rings is 2. The minimum absolute atomic E-state index is 0.00289. The maximum absolute atomic E-state index is 14.7. The summed E-state index contributed by atoms with van der Waals surface area (Å²) in [5.41, 5.74) is 3.01. The summed E-state index contributed by atoms with van der Waals surface area (Å²) in [7, 11) is 1.08. The summed E-state index contributed by atoms with van der Waals surface area (Å²) in [6.07, 6.45) is 9.34. The SMILES string of the molecule is COc1ccc(CN2CCCCCCCCC[C@@H](B3OC4C[C@H]5C[C@H](C5(C)C)[C@@]4(C)O3)NC(=O)[C@@H]3C[C@@H](OC(=O)N4Cc5ccccc5C4)CN3C2=O)cc1. The molecule has 9 rings (SSSR count). The number of rotatable bonds is 5. The zero-order chi connectivity index (χ0) is 38.3. The average Bonchev–Trinajstić information content (AvgIpc) is 3.90. The van der Waals surface area contributed by atoms with Crippen molar-refractivity contribution < 1.29 is 33.2 Å². The van der Waals surface area contributed by atoms with Crippen LogP contribution in [0.2, 0.25) is 0 Å². The van der Waals surface area contributed by atoms with Gasteiger partial charge >= 0.3 is 19.2 Å². The lowest BCUT2D eigenvalue weighted by Gasteiger charge is -2.64. The van der Waals surface area contributed by atoms with Crippen molar-refractivity contribution >= 4 is 25.1 Å². The van der Waals surface area contributed by atoms with Gasteiger partial charge in [-0.3, -0.25) is 9.69 Å². The van der Waals surface area contributed by atoms with Crippen LogP contribution < -0.4 is 10.1 Å². The highest BCUT2D eigenvalue weighted by atomic mass is 16.7. The molecular weight excluding hydrogens is 695 g/mol. The van der Waals surface area contributed by atoms with Crippen LogP contribution in [0.15, 0.2) is 48.5 Å². The fraction of sp³-hybridized carbons (Fsp3) is 0.651. The molecule has 4 amide bonds. The van der Waals surface area contributed by atoms with Gasteiger partial charge in [0.25, 0.3) is 0 Å². The van der Waals surface area contributed by atoms with E-state index in [0.717, 1.165) is 86.6 Å². The summed E-state index contributed by atoms with van der Waals surface area (Å²) in [5, 5.41) is 3.36. The van der Waals surface area contributed by atoms with E-state index >= 15 is 0 Å². The molecule has 0 radical (unpaired) electrons. The minimum Gasteiger partial charge on any atom is -0.497 e. The summed E-state index contributed by atoms with van der Waals surface area (Å²) in [5.74, 6) is 1.18. The van der Waals surface area contributed by atoms with E-state index in [-0.39, 0.29) is 42.4 Å². The Morgan fingerprint density at radius 2 is 1.60 bits per heavy atom. The number of nitrogens with one attached hydrogen (secondary N) is 1. The predicted molar refractivity (Wildman–Crippen MR) is 209 cm³/mol. The normalized spacial score (nSPS) is 32.3. The highest BCUT2D eigenvalue weighted by molar-refractivity contribution is 6.48. The second-order valence-electron chi connectivity index (χ2n) is 17.8. The second-order valence-corrected chi connectivity index (χ2v) is 17.8. The van der Waals surface area contributed by atoms with Gasteiger partial charge in [0.2, 0.25) is 5.91 Å². The average molecular weight is 755 g/mol. The zero-order valence-corrected chi connectivity index (χ0v) is 33.2. The summed E-state index contributed by atoms with van der Waals surface area (Å²) in [4.78, 5) is 48.1. The van der Waals surface area contributed by atoms with Gasteiger partial charge in [0.1, 0.15) is 17.9 Å². The van der Waals surface area contributed by atoms with Gasteiger partial charge in [-0.15, -0.1) is 0 Å². The first-order valence-electron chi connectivity index (χ1n) is 20.9. The van der Waals surface area contributed by atoms with Crippen LogP contribution in [-0.4, -0.2) is 89.8 Å². The highest BCUT2D eigenvalue weighted by Gasteiger charge is 2.68. The first-order valence-corrected chi connectivity index (χ1v) is 20.9. The number of fused-ring (bicyclic) bond motifs is 2. The van der Waals surface area contributed by atoms with E-state index in [9.17, 15) is 14.4 Å². The Labute approximate surface area is 326 Å². The third kappa shape index (κ3) is 7.57. The largest absolute Gasteiger partial charge is 0.497 e. The summed E-state index contributed by atoms with van der Waals surface area (Å²) in [6, 6.07) is 14.8. The molecule has 12 heteroatoms. The summed E-state index contributed by atoms with van der Waals surface area (Å²) >= 11 is 0. The number of urea groups is 1. The van der Waals surface area contributed by atoms with Crippen LogP contribution in [0.4, 0.5) is 9.59 Å². The van der Waals surface area contributed by atoms with Gasteiger partial charge in [-0.05, 0) is 78.7 Å². The Bertz CT molecular complexity index is 1700. The van der Waals surface area contributed by atoms with E-state index in [1.807, 2.05) is 53.4 Å². The molecule has 4 heterocycles. The standard InChI is InChI=1S/C43H59BN4O7/c1-42(2)32-22-36(42)43(3)37(23-32)54-44(55-43)38-16-10-8-6-5-7-9-13-21-46(25-29-17-19-33(52-4)20-18-29)40(50)48-28-34(24-35(48)39(49)45-38)53-41(51)47-26-30-14-11-12-15-31(30)27-47/h11-12,14-15,17-20,32,34-38H,5-10,13,16,21-28H2,1-4H3,(H,45,49)/t32-,34-,35+,36-,37?,38+,43-/m1/s1. The summed E-state index contributed by atoms with van der Waals surface area (Å²) in [6.45, 7) is 8.98. The number of carbonyl (C=O) groups is 3. The van der Waals surface area contributed by atoms with Gasteiger partial charge in [0.15, 0.2) is 0 Å². The number of hydrogen-bond donors (Lipinski definition) is 1. The number of hydrogen-bond acceptors (Lipinski definition) is 7. The van der Waals surface area contributed by atoms with Gasteiger partial charge in [-0.1, -0.05) is 88.8 Å². The lowest BCUT2D eigenvalue weighted by Crippen LogP contribution is -2.65. The fourth-order valence-electron chi connectivity index (χ4n) is 10.6. The fourth-order valence-corrected chi connectivity index (χ4v) is 10.6. The van der Waals surface area contributed by atoms with Crippen molar-refractivity contribution in [3.8, 4) is 5.75 Å². The van der Waals surface area contributed by atoms with Crippen molar-refractivity contribution in [1.29, 1.82) is 0 Å². The maximum atomic E-state index is 14.7. The van der Waals surface area contributed by atoms with Crippen molar-refractivity contribution in [1.82, 2.24) is 20.0 Å². The maximum Gasteiger partial charge on any atom is 0.481 e. The van der Waals surface area contributed by atoms with Crippen LogP contribution in [0.3, 0.4) is 0 Å². The molecule has 296 valence electrons. The number of amides is 4. The molecule has 11 nitrogen and oxygen atoms in total. The van der Waals surface area contributed by atoms with Crippen LogP contribution in [0, 0.1) is 17.3 Å². The molecule has 2 bridgehead atoms. The monoisotopic (exact) mass is 754 g/mol. The topological polar surface area (TPSA) is 110 Å². The minimum atomic E-state index is -0.819. The molecule has 6 fully saturated rings. The molecular formula is C43H59BN4O7. The molecule has 0 spiro atoms. The number of carbonyl (C=O) groups excluding carboxylic acids is 3. The van der Waals surface area contributed by atoms with E-state index in [0.29, 0.717) is 38.0 Å². The van der Waals surface area contributed by atoms with Gasteiger partial charge in [0, 0.05) is 32.6 Å². The highest BCUT2D eigenvalue weighted by Crippen LogP contribution is 2.65. The van der Waals surface area contributed by atoms with Crippen LogP contribution >= 0.6 is 0 Å². The Balaban J connectivity index is 1.04. The van der Waals surface area contributed by atoms with Crippen LogP contribution in [0.1, 0.15) is 108 Å². The molecule has 0 aromatic heterocycles. The number of ether oxygens (including phenoxy) is 2. The Morgan fingerprint density at radius 1 is 0.909 bits per heavy atom. The Hall–Kier alpha value is -3.77. The van der Waals surface area contributed by atoms with E-state index < -0.39 is 31.0 Å². The molecule has 55 heavy (non-hydrogen) atoms. The molecule has 2 aromatic carbocycles. The van der Waals surface area contributed by atoms with Crippen LogP contribution in [0.25, 0.3) is 0 Å². The Kier molecular flexibility index (Phi) is 10.8. The van der Waals surface area contributed by atoms with E-state index in [1.165, 1.54) is 0 Å². The van der Waals surface area contributed by atoms with Crippen LogP contribution in [-0.2, 0) is 38.5 Å². The first-order chi connectivity index (χ1) is 26.5.